The molecule has 0 aromatic heterocycles. The van der Waals surface area contributed by atoms with Crippen LogP contribution in [0.1, 0.15) is 15.9 Å². The van der Waals surface area contributed by atoms with Gasteiger partial charge in [-0.25, -0.2) is 0 Å². The lowest BCUT2D eigenvalue weighted by Crippen LogP contribution is -2.15. The zero-order valence-corrected chi connectivity index (χ0v) is 10.6. The standard InChI is InChI=1S/C9H4BrCl2F3O/c10-3-6(16)7-4(11)1-2-5(12)8(7)9(13,14)15/h1-2H,3H2. The van der Waals surface area contributed by atoms with Gasteiger partial charge in [0.15, 0.2) is 5.78 Å². The van der Waals surface area contributed by atoms with Gasteiger partial charge in [-0.1, -0.05) is 39.1 Å². The summed E-state index contributed by atoms with van der Waals surface area (Å²) in [6, 6.07) is 2.17. The van der Waals surface area contributed by atoms with E-state index in [1.807, 2.05) is 0 Å². The number of hydrogen-bond acceptors (Lipinski definition) is 1. The van der Waals surface area contributed by atoms with Crippen molar-refractivity contribution in [2.24, 2.45) is 0 Å². The first-order valence-corrected chi connectivity index (χ1v) is 5.81. The quantitative estimate of drug-likeness (QED) is 0.570. The van der Waals surface area contributed by atoms with E-state index >= 15 is 0 Å². The van der Waals surface area contributed by atoms with Gasteiger partial charge in [0.05, 0.1) is 26.5 Å². The molecule has 1 nitrogen and oxygen atoms in total. The Kier molecular flexibility index (Phi) is 4.26. The summed E-state index contributed by atoms with van der Waals surface area (Å²) in [5.41, 5.74) is -1.79. The maximum Gasteiger partial charge on any atom is 0.418 e. The van der Waals surface area contributed by atoms with Crippen LogP contribution in [-0.2, 0) is 6.18 Å². The Morgan fingerprint density at radius 2 is 1.75 bits per heavy atom. The van der Waals surface area contributed by atoms with Crippen LogP contribution in [0.25, 0.3) is 0 Å². The van der Waals surface area contributed by atoms with Gasteiger partial charge >= 0.3 is 6.18 Å². The minimum absolute atomic E-state index is 0.254. The molecule has 0 N–H and O–H groups in total. The third-order valence-corrected chi connectivity index (χ3v) is 2.93. The molecule has 7 heteroatoms. The fraction of sp³-hybridized carbons (Fsp3) is 0.222. The number of hydrogen-bond donors (Lipinski definition) is 0. The van der Waals surface area contributed by atoms with Crippen LogP contribution in [0, 0.1) is 0 Å². The number of benzene rings is 1. The molecule has 88 valence electrons. The van der Waals surface area contributed by atoms with Crippen molar-refractivity contribution in [3.63, 3.8) is 0 Å². The second-order valence-corrected chi connectivity index (χ2v) is 4.21. The molecule has 16 heavy (non-hydrogen) atoms. The molecule has 0 bridgehead atoms. The molecule has 0 aliphatic heterocycles. The van der Waals surface area contributed by atoms with Crippen LogP contribution in [0.3, 0.4) is 0 Å². The SMILES string of the molecule is O=C(CBr)c1c(Cl)ccc(Cl)c1C(F)(F)F. The van der Waals surface area contributed by atoms with Gasteiger partial charge in [0.2, 0.25) is 0 Å². The smallest absolute Gasteiger partial charge is 0.293 e. The summed E-state index contributed by atoms with van der Waals surface area (Å²) >= 11 is 13.8. The third kappa shape index (κ3) is 2.70. The number of carbonyl (C=O) groups is 1. The molecule has 0 atom stereocenters. The van der Waals surface area contributed by atoms with Crippen molar-refractivity contribution in [1.82, 2.24) is 0 Å². The molecule has 0 aliphatic rings. The lowest BCUT2D eigenvalue weighted by molar-refractivity contribution is -0.137. The van der Waals surface area contributed by atoms with E-state index in [1.54, 1.807) is 0 Å². The molecule has 1 aromatic carbocycles. The third-order valence-electron chi connectivity index (χ3n) is 1.79. The van der Waals surface area contributed by atoms with Gasteiger partial charge in [0.25, 0.3) is 0 Å². The predicted molar refractivity (Wildman–Crippen MR) is 59.6 cm³/mol. The summed E-state index contributed by atoms with van der Waals surface area (Å²) in [4.78, 5) is 11.4. The van der Waals surface area contributed by atoms with Crippen molar-refractivity contribution in [1.29, 1.82) is 0 Å². The molecular weight excluding hydrogens is 332 g/mol. The molecule has 0 saturated heterocycles. The summed E-state index contributed by atoms with van der Waals surface area (Å²) in [5.74, 6) is -0.764. The lowest BCUT2D eigenvalue weighted by Gasteiger charge is -2.14. The number of carbonyl (C=O) groups excluding carboxylic acids is 1. The average Bonchev–Trinajstić information content (AvgIpc) is 2.18. The van der Waals surface area contributed by atoms with Crippen LogP contribution in [0.4, 0.5) is 13.2 Å². The first kappa shape index (κ1) is 13.8. The monoisotopic (exact) mass is 334 g/mol. The predicted octanol–water partition coefficient (Wildman–Crippen LogP) is 4.59. The number of rotatable bonds is 2. The summed E-state index contributed by atoms with van der Waals surface area (Å²) < 4.78 is 38.0. The van der Waals surface area contributed by atoms with Crippen molar-refractivity contribution in [3.8, 4) is 0 Å². The molecule has 0 saturated carbocycles. The van der Waals surface area contributed by atoms with Crippen LogP contribution >= 0.6 is 39.1 Å². The molecule has 0 spiro atoms. The molecule has 0 amide bonds. The Labute approximate surface area is 108 Å². The van der Waals surface area contributed by atoms with E-state index in [9.17, 15) is 18.0 Å². The van der Waals surface area contributed by atoms with E-state index in [-0.39, 0.29) is 10.4 Å². The summed E-state index contributed by atoms with van der Waals surface area (Å²) in [6.07, 6.45) is -4.71. The van der Waals surface area contributed by atoms with Gasteiger partial charge in [-0.05, 0) is 12.1 Å². The van der Waals surface area contributed by atoms with Crippen molar-refractivity contribution >= 4 is 44.9 Å². The van der Waals surface area contributed by atoms with Crippen molar-refractivity contribution < 1.29 is 18.0 Å². The van der Waals surface area contributed by atoms with Crippen LogP contribution in [0.15, 0.2) is 12.1 Å². The molecule has 1 rings (SSSR count). The summed E-state index contributed by atoms with van der Waals surface area (Å²) in [5, 5.41) is -1.06. The molecule has 1 aromatic rings. The van der Waals surface area contributed by atoms with E-state index in [0.29, 0.717) is 0 Å². The minimum Gasteiger partial charge on any atom is -0.293 e. The van der Waals surface area contributed by atoms with Crippen LogP contribution in [0.5, 0.6) is 0 Å². The van der Waals surface area contributed by atoms with E-state index in [4.69, 9.17) is 23.2 Å². The van der Waals surface area contributed by atoms with Crippen LogP contribution < -0.4 is 0 Å². The van der Waals surface area contributed by atoms with Gasteiger partial charge < -0.3 is 0 Å². The Hall–Kier alpha value is -0.260. The number of ketones is 1. The number of Topliss-reactive ketones (excluding diaryl/α,β-unsaturated/α-hetero) is 1. The second-order valence-electron chi connectivity index (χ2n) is 2.83. The summed E-state index contributed by atoms with van der Waals surface area (Å²) in [7, 11) is 0. The van der Waals surface area contributed by atoms with E-state index in [0.717, 1.165) is 12.1 Å². The van der Waals surface area contributed by atoms with Crippen molar-refractivity contribution in [3.05, 3.63) is 33.3 Å². The summed E-state index contributed by atoms with van der Waals surface area (Å²) in [6.45, 7) is 0. The molecule has 0 aliphatic carbocycles. The maximum atomic E-state index is 12.7. The first-order chi connectivity index (χ1) is 7.29. The fourth-order valence-corrected chi connectivity index (χ4v) is 1.98. The maximum absolute atomic E-state index is 12.7. The first-order valence-electron chi connectivity index (χ1n) is 3.93. The van der Waals surface area contributed by atoms with Crippen LogP contribution in [0.2, 0.25) is 10.0 Å². The highest BCUT2D eigenvalue weighted by atomic mass is 79.9. The molecule has 0 unspecified atom stereocenters. The largest absolute Gasteiger partial charge is 0.418 e. The van der Waals surface area contributed by atoms with E-state index in [1.165, 1.54) is 0 Å². The van der Waals surface area contributed by atoms with Gasteiger partial charge in [-0.3, -0.25) is 4.79 Å². The minimum atomic E-state index is -4.71. The van der Waals surface area contributed by atoms with Gasteiger partial charge in [0.1, 0.15) is 0 Å². The Balaban J connectivity index is 3.56. The van der Waals surface area contributed by atoms with Crippen molar-refractivity contribution in [2.45, 2.75) is 6.18 Å². The molecule has 0 fully saturated rings. The zero-order chi connectivity index (χ0) is 12.5. The normalized spacial score (nSPS) is 11.6. The van der Waals surface area contributed by atoms with E-state index in [2.05, 4.69) is 15.9 Å². The Bertz CT molecular complexity index is 431. The number of alkyl halides is 4. The fourth-order valence-electron chi connectivity index (χ4n) is 1.17. The highest BCUT2D eigenvalue weighted by Crippen LogP contribution is 2.40. The molecular formula is C9H4BrCl2F3O. The molecule has 0 radical (unpaired) electrons. The van der Waals surface area contributed by atoms with E-state index < -0.39 is 28.1 Å². The van der Waals surface area contributed by atoms with Crippen LogP contribution in [-0.4, -0.2) is 11.1 Å². The second kappa shape index (κ2) is 4.94. The topological polar surface area (TPSA) is 17.1 Å². The van der Waals surface area contributed by atoms with Gasteiger partial charge in [0, 0.05) is 0 Å². The highest BCUT2D eigenvalue weighted by molar-refractivity contribution is 9.09. The van der Waals surface area contributed by atoms with Crippen molar-refractivity contribution in [2.75, 3.05) is 5.33 Å². The zero-order valence-electron chi connectivity index (χ0n) is 7.54. The highest BCUT2D eigenvalue weighted by Gasteiger charge is 2.38. The lowest BCUT2D eigenvalue weighted by atomic mass is 10.0. The molecule has 0 heterocycles. The van der Waals surface area contributed by atoms with Gasteiger partial charge in [-0.2, -0.15) is 13.2 Å². The average molecular weight is 336 g/mol. The Morgan fingerprint density at radius 3 is 2.19 bits per heavy atom. The van der Waals surface area contributed by atoms with Gasteiger partial charge in [-0.15, -0.1) is 0 Å². The Morgan fingerprint density at radius 1 is 1.25 bits per heavy atom. The number of halogens is 6.